The van der Waals surface area contributed by atoms with Crippen LogP contribution in [0.2, 0.25) is 0 Å². The first-order valence-electron chi connectivity index (χ1n) is 4.64. The molecule has 0 aliphatic heterocycles. The van der Waals surface area contributed by atoms with Crippen LogP contribution < -0.4 is 5.48 Å². The summed E-state index contributed by atoms with van der Waals surface area (Å²) in [4.78, 5) is 5.28. The van der Waals surface area contributed by atoms with Gasteiger partial charge in [0.1, 0.15) is 9.84 Å². The first kappa shape index (κ1) is 10.9. The molecule has 0 aromatic heterocycles. The third kappa shape index (κ3) is 5.23. The van der Waals surface area contributed by atoms with Crippen molar-refractivity contribution in [2.24, 2.45) is 0 Å². The van der Waals surface area contributed by atoms with Crippen LogP contribution in [0.3, 0.4) is 0 Å². The van der Waals surface area contributed by atoms with Crippen molar-refractivity contribution < 1.29 is 13.3 Å². The van der Waals surface area contributed by atoms with E-state index in [4.69, 9.17) is 4.84 Å². The molecule has 1 aliphatic rings. The van der Waals surface area contributed by atoms with Gasteiger partial charge in [-0.2, -0.15) is 0 Å². The van der Waals surface area contributed by atoms with E-state index in [2.05, 4.69) is 5.48 Å². The summed E-state index contributed by atoms with van der Waals surface area (Å²) in [5.41, 5.74) is 2.70. The van der Waals surface area contributed by atoms with Crippen molar-refractivity contribution in [2.75, 3.05) is 18.6 Å². The zero-order valence-corrected chi connectivity index (χ0v) is 8.77. The number of hydrogen-bond acceptors (Lipinski definition) is 4. The highest BCUT2D eigenvalue weighted by molar-refractivity contribution is 7.90. The van der Waals surface area contributed by atoms with Gasteiger partial charge in [-0.1, -0.05) is 12.8 Å². The minimum absolute atomic E-state index is 0.139. The molecule has 0 aromatic carbocycles. The van der Waals surface area contributed by atoms with Gasteiger partial charge < -0.3 is 0 Å². The molecule has 1 rings (SSSR count). The molecule has 0 saturated heterocycles. The summed E-state index contributed by atoms with van der Waals surface area (Å²) in [6.07, 6.45) is 6.14. The van der Waals surface area contributed by atoms with Crippen molar-refractivity contribution in [3.8, 4) is 0 Å². The van der Waals surface area contributed by atoms with Crippen LogP contribution >= 0.6 is 0 Å². The van der Waals surface area contributed by atoms with E-state index >= 15 is 0 Å². The highest BCUT2D eigenvalue weighted by atomic mass is 32.2. The van der Waals surface area contributed by atoms with Gasteiger partial charge in [-0.15, -0.1) is 0 Å². The summed E-state index contributed by atoms with van der Waals surface area (Å²) in [6, 6.07) is 0. The predicted molar refractivity (Wildman–Crippen MR) is 51.1 cm³/mol. The number of nitrogens with one attached hydrogen (secondary N) is 1. The lowest BCUT2D eigenvalue weighted by Crippen LogP contribution is -2.26. The summed E-state index contributed by atoms with van der Waals surface area (Å²) in [5, 5.41) is 0. The molecule has 1 fully saturated rings. The molecule has 1 saturated carbocycles. The normalized spacial score (nSPS) is 19.5. The molecule has 0 unspecified atom stereocenters. The van der Waals surface area contributed by atoms with Gasteiger partial charge in [0, 0.05) is 12.8 Å². The smallest absolute Gasteiger partial charge is 0.148 e. The zero-order valence-electron chi connectivity index (χ0n) is 7.95. The molecule has 0 amide bonds. The molecule has 0 aromatic rings. The molecule has 1 N–H and O–H groups in total. The van der Waals surface area contributed by atoms with E-state index in [0.717, 1.165) is 12.8 Å². The Hall–Kier alpha value is -0.130. The van der Waals surface area contributed by atoms with E-state index in [9.17, 15) is 8.42 Å². The topological polar surface area (TPSA) is 55.4 Å². The van der Waals surface area contributed by atoms with Crippen molar-refractivity contribution in [3.05, 3.63) is 0 Å². The molecule has 0 atom stereocenters. The molecule has 0 radical (unpaired) electrons. The molecule has 78 valence electrons. The van der Waals surface area contributed by atoms with Crippen molar-refractivity contribution >= 4 is 9.84 Å². The molecule has 4 nitrogen and oxygen atoms in total. The van der Waals surface area contributed by atoms with Crippen LogP contribution in [0.15, 0.2) is 0 Å². The van der Waals surface area contributed by atoms with Crippen LogP contribution in [-0.4, -0.2) is 33.1 Å². The quantitative estimate of drug-likeness (QED) is 0.527. The lowest BCUT2D eigenvalue weighted by atomic mass is 10.3. The van der Waals surface area contributed by atoms with Gasteiger partial charge in [-0.25, -0.2) is 13.9 Å². The maximum absolute atomic E-state index is 10.7. The fraction of sp³-hybridized carbons (Fsp3) is 1.00. The molecular weight excluding hydrogens is 190 g/mol. The third-order valence-electron chi connectivity index (χ3n) is 2.13. The molecule has 0 bridgehead atoms. The number of hydroxylamine groups is 1. The summed E-state index contributed by atoms with van der Waals surface area (Å²) < 4.78 is 21.5. The van der Waals surface area contributed by atoms with E-state index in [0.29, 0.717) is 12.6 Å². The standard InChI is InChI=1S/C8H17NO3S/c1-13(10,11)7-6-9-12-8-4-2-3-5-8/h8-9H,2-7H2,1H3. The van der Waals surface area contributed by atoms with Crippen molar-refractivity contribution in [3.63, 3.8) is 0 Å². The van der Waals surface area contributed by atoms with Crippen LogP contribution in [0.25, 0.3) is 0 Å². The van der Waals surface area contributed by atoms with E-state index in [1.165, 1.54) is 19.1 Å². The molecule has 5 heteroatoms. The van der Waals surface area contributed by atoms with Gasteiger partial charge >= 0.3 is 0 Å². The second-order valence-electron chi connectivity index (χ2n) is 3.55. The van der Waals surface area contributed by atoms with Gasteiger partial charge in [-0.3, -0.25) is 4.84 Å². The van der Waals surface area contributed by atoms with Crippen molar-refractivity contribution in [1.82, 2.24) is 5.48 Å². The average molecular weight is 207 g/mol. The van der Waals surface area contributed by atoms with Crippen LogP contribution in [0.4, 0.5) is 0 Å². The first-order chi connectivity index (χ1) is 6.08. The van der Waals surface area contributed by atoms with E-state index < -0.39 is 9.84 Å². The lowest BCUT2D eigenvalue weighted by molar-refractivity contribution is -0.0175. The van der Waals surface area contributed by atoms with Crippen LogP contribution in [0.1, 0.15) is 25.7 Å². The number of sulfone groups is 1. The fourth-order valence-electron chi connectivity index (χ4n) is 1.41. The highest BCUT2D eigenvalue weighted by Crippen LogP contribution is 2.19. The summed E-state index contributed by atoms with van der Waals surface area (Å²) in [6.45, 7) is 0.384. The number of hydrogen-bond donors (Lipinski definition) is 1. The molecule has 1 aliphatic carbocycles. The Morgan fingerprint density at radius 1 is 1.38 bits per heavy atom. The van der Waals surface area contributed by atoms with Gasteiger partial charge in [0.2, 0.25) is 0 Å². The van der Waals surface area contributed by atoms with Gasteiger partial charge in [0.05, 0.1) is 11.9 Å². The first-order valence-corrected chi connectivity index (χ1v) is 6.70. The predicted octanol–water partition coefficient (Wildman–Crippen LogP) is 0.495. The molecule has 0 heterocycles. The minimum Gasteiger partial charge on any atom is -0.298 e. The zero-order chi connectivity index (χ0) is 9.73. The van der Waals surface area contributed by atoms with Gasteiger partial charge in [0.25, 0.3) is 0 Å². The van der Waals surface area contributed by atoms with Crippen LogP contribution in [-0.2, 0) is 14.7 Å². The third-order valence-corrected chi connectivity index (χ3v) is 3.07. The minimum atomic E-state index is -2.86. The van der Waals surface area contributed by atoms with E-state index in [-0.39, 0.29) is 5.75 Å². The van der Waals surface area contributed by atoms with E-state index in [1.807, 2.05) is 0 Å². The Morgan fingerprint density at radius 2 is 2.00 bits per heavy atom. The molecule has 0 spiro atoms. The lowest BCUT2D eigenvalue weighted by Gasteiger charge is -2.10. The fourth-order valence-corrected chi connectivity index (χ4v) is 1.86. The van der Waals surface area contributed by atoms with Crippen LogP contribution in [0, 0.1) is 0 Å². The second-order valence-corrected chi connectivity index (χ2v) is 5.81. The monoisotopic (exact) mass is 207 g/mol. The summed E-state index contributed by atoms with van der Waals surface area (Å²) in [7, 11) is -2.86. The van der Waals surface area contributed by atoms with Crippen LogP contribution in [0.5, 0.6) is 0 Å². The van der Waals surface area contributed by atoms with Crippen molar-refractivity contribution in [1.29, 1.82) is 0 Å². The van der Waals surface area contributed by atoms with E-state index in [1.54, 1.807) is 0 Å². The van der Waals surface area contributed by atoms with Crippen molar-refractivity contribution in [2.45, 2.75) is 31.8 Å². The Kier molecular flexibility index (Phi) is 4.15. The Morgan fingerprint density at radius 3 is 2.54 bits per heavy atom. The Balaban J connectivity index is 2.01. The summed E-state index contributed by atoms with van der Waals surface area (Å²) in [5.74, 6) is 0.139. The second kappa shape index (κ2) is 4.93. The SMILES string of the molecule is CS(=O)(=O)CCNOC1CCCC1. The highest BCUT2D eigenvalue weighted by Gasteiger charge is 2.15. The number of rotatable bonds is 5. The Labute approximate surface area is 79.5 Å². The maximum Gasteiger partial charge on any atom is 0.148 e. The molecule has 13 heavy (non-hydrogen) atoms. The summed E-state index contributed by atoms with van der Waals surface area (Å²) >= 11 is 0. The Bertz CT molecular complexity index is 232. The average Bonchev–Trinajstić information content (AvgIpc) is 2.48. The largest absolute Gasteiger partial charge is 0.298 e. The van der Waals surface area contributed by atoms with Gasteiger partial charge in [-0.05, 0) is 12.8 Å². The molecular formula is C8H17NO3S. The van der Waals surface area contributed by atoms with Gasteiger partial charge in [0.15, 0.2) is 0 Å². The maximum atomic E-state index is 10.7.